The van der Waals surface area contributed by atoms with Crippen molar-refractivity contribution in [2.24, 2.45) is 0 Å². The average Bonchev–Trinajstić information content (AvgIpc) is 3.17. The summed E-state index contributed by atoms with van der Waals surface area (Å²) in [6.45, 7) is 1.75. The molecule has 9 heteroatoms. The number of likely N-dealkylation sites (tertiary alicyclic amines) is 1. The number of aromatic nitrogens is 3. The van der Waals surface area contributed by atoms with E-state index in [9.17, 15) is 14.0 Å². The highest BCUT2D eigenvalue weighted by molar-refractivity contribution is 5.94. The molecule has 2 aliphatic heterocycles. The van der Waals surface area contributed by atoms with Gasteiger partial charge in [0.25, 0.3) is 5.91 Å². The van der Waals surface area contributed by atoms with Crippen LogP contribution in [0.3, 0.4) is 0 Å². The maximum Gasteiger partial charge on any atom is 0.254 e. The number of piperidine rings is 1. The molecule has 0 bridgehead atoms. The summed E-state index contributed by atoms with van der Waals surface area (Å²) in [6.07, 6.45) is 2.60. The molecule has 1 fully saturated rings. The Morgan fingerprint density at radius 2 is 2.19 bits per heavy atom. The monoisotopic (exact) mass is 373 g/mol. The van der Waals surface area contributed by atoms with E-state index >= 15 is 0 Å². The number of rotatable bonds is 4. The molecule has 1 aromatic carbocycles. The molecule has 2 atom stereocenters. The van der Waals surface area contributed by atoms with Crippen molar-refractivity contribution in [1.82, 2.24) is 25.2 Å². The van der Waals surface area contributed by atoms with Crippen molar-refractivity contribution in [3.05, 3.63) is 47.5 Å². The number of carbonyl (C=O) groups excluding carboxylic acids is 2. The van der Waals surface area contributed by atoms with E-state index in [4.69, 9.17) is 4.74 Å². The highest BCUT2D eigenvalue weighted by Crippen LogP contribution is 2.30. The van der Waals surface area contributed by atoms with Crippen molar-refractivity contribution in [3.8, 4) is 0 Å². The van der Waals surface area contributed by atoms with Crippen LogP contribution in [0.1, 0.15) is 34.9 Å². The van der Waals surface area contributed by atoms with Crippen LogP contribution in [0.15, 0.2) is 30.5 Å². The smallest absolute Gasteiger partial charge is 0.254 e. The number of nitrogens with zero attached hydrogens (tertiary/aromatic N) is 4. The van der Waals surface area contributed by atoms with Crippen molar-refractivity contribution in [2.75, 3.05) is 19.6 Å². The summed E-state index contributed by atoms with van der Waals surface area (Å²) in [5.41, 5.74) is 0.881. The Balaban J connectivity index is 1.31. The second-order valence-corrected chi connectivity index (χ2v) is 6.70. The predicted octanol–water partition coefficient (Wildman–Crippen LogP) is 0.910. The molecule has 0 aliphatic carbocycles. The van der Waals surface area contributed by atoms with Crippen molar-refractivity contribution in [1.29, 1.82) is 0 Å². The van der Waals surface area contributed by atoms with Gasteiger partial charge in [0, 0.05) is 26.1 Å². The Morgan fingerprint density at radius 3 is 3.04 bits per heavy atom. The molecule has 1 aromatic heterocycles. The summed E-state index contributed by atoms with van der Waals surface area (Å²) in [7, 11) is 0. The summed E-state index contributed by atoms with van der Waals surface area (Å²) in [5, 5.41) is 10.6. The minimum Gasteiger partial charge on any atom is -0.370 e. The molecular formula is C18H20FN5O3. The van der Waals surface area contributed by atoms with Crippen LogP contribution in [0.2, 0.25) is 0 Å². The molecule has 27 heavy (non-hydrogen) atoms. The molecule has 2 aliphatic rings. The first-order chi connectivity index (χ1) is 13.1. The zero-order chi connectivity index (χ0) is 18.8. The van der Waals surface area contributed by atoms with E-state index in [1.54, 1.807) is 17.2 Å². The Labute approximate surface area is 155 Å². The maximum atomic E-state index is 13.6. The SMILES string of the molecule is O=C(NCCC(=O)N1CC[C@@H]2OCc3cnnn3[C@H]2C1)c1ccccc1F. The van der Waals surface area contributed by atoms with E-state index in [1.807, 2.05) is 4.68 Å². The van der Waals surface area contributed by atoms with Crippen LogP contribution in [0.5, 0.6) is 0 Å². The fourth-order valence-corrected chi connectivity index (χ4v) is 3.59. The van der Waals surface area contributed by atoms with Gasteiger partial charge in [-0.05, 0) is 18.6 Å². The number of benzene rings is 1. The third-order valence-electron chi connectivity index (χ3n) is 5.02. The van der Waals surface area contributed by atoms with Crippen LogP contribution in [0.4, 0.5) is 4.39 Å². The van der Waals surface area contributed by atoms with E-state index in [-0.39, 0.29) is 36.6 Å². The topological polar surface area (TPSA) is 89.3 Å². The third kappa shape index (κ3) is 3.55. The van der Waals surface area contributed by atoms with Crippen molar-refractivity contribution >= 4 is 11.8 Å². The van der Waals surface area contributed by atoms with Crippen LogP contribution in [0, 0.1) is 5.82 Å². The standard InChI is InChI=1S/C18H20FN5O3/c19-14-4-2-1-3-13(14)18(26)20-7-5-17(25)23-8-6-16-15(10-23)24-12(11-27-16)9-21-22-24/h1-4,9,15-16H,5-8,10-11H2,(H,20,26)/t15-,16-/m0/s1. The molecule has 1 saturated heterocycles. The van der Waals surface area contributed by atoms with Gasteiger partial charge in [-0.2, -0.15) is 0 Å². The van der Waals surface area contributed by atoms with E-state index in [1.165, 1.54) is 18.2 Å². The number of hydrogen-bond acceptors (Lipinski definition) is 5. The number of ether oxygens (including phenoxy) is 1. The summed E-state index contributed by atoms with van der Waals surface area (Å²) in [5.74, 6) is -1.16. The van der Waals surface area contributed by atoms with E-state index < -0.39 is 11.7 Å². The molecule has 2 aromatic rings. The summed E-state index contributed by atoms with van der Waals surface area (Å²) in [6, 6.07) is 5.72. The van der Waals surface area contributed by atoms with Crippen LogP contribution >= 0.6 is 0 Å². The lowest BCUT2D eigenvalue weighted by Crippen LogP contribution is -2.50. The maximum absolute atomic E-state index is 13.6. The van der Waals surface area contributed by atoms with Gasteiger partial charge in [0.15, 0.2) is 0 Å². The van der Waals surface area contributed by atoms with Crippen LogP contribution in [0.25, 0.3) is 0 Å². The number of hydrogen-bond donors (Lipinski definition) is 1. The van der Waals surface area contributed by atoms with Gasteiger partial charge < -0.3 is 15.0 Å². The Hall–Kier alpha value is -2.81. The van der Waals surface area contributed by atoms with Gasteiger partial charge in [0.05, 0.1) is 36.2 Å². The minimum atomic E-state index is -0.579. The molecule has 2 amide bonds. The molecule has 142 valence electrons. The van der Waals surface area contributed by atoms with Gasteiger partial charge in [-0.1, -0.05) is 17.3 Å². The van der Waals surface area contributed by atoms with Gasteiger partial charge in [-0.15, -0.1) is 5.10 Å². The van der Waals surface area contributed by atoms with Gasteiger partial charge in [0.1, 0.15) is 5.82 Å². The summed E-state index contributed by atoms with van der Waals surface area (Å²) >= 11 is 0. The number of amides is 2. The van der Waals surface area contributed by atoms with Crippen LogP contribution < -0.4 is 5.32 Å². The number of carbonyl (C=O) groups is 2. The Kier molecular flexibility index (Phi) is 4.85. The van der Waals surface area contributed by atoms with Crippen molar-refractivity contribution < 1.29 is 18.7 Å². The lowest BCUT2D eigenvalue weighted by atomic mass is 10.00. The molecule has 3 heterocycles. The lowest BCUT2D eigenvalue weighted by molar-refractivity contribution is -0.137. The molecule has 0 unspecified atom stereocenters. The largest absolute Gasteiger partial charge is 0.370 e. The first-order valence-corrected chi connectivity index (χ1v) is 8.94. The molecule has 8 nitrogen and oxygen atoms in total. The van der Waals surface area contributed by atoms with Gasteiger partial charge in [-0.25, -0.2) is 9.07 Å². The minimum absolute atomic E-state index is 0.0242. The molecule has 0 saturated carbocycles. The van der Waals surface area contributed by atoms with Crippen LogP contribution in [-0.2, 0) is 16.1 Å². The molecule has 0 radical (unpaired) electrons. The summed E-state index contributed by atoms with van der Waals surface area (Å²) in [4.78, 5) is 26.3. The quantitative estimate of drug-likeness (QED) is 0.861. The van der Waals surface area contributed by atoms with Gasteiger partial charge >= 0.3 is 0 Å². The number of halogens is 1. The second kappa shape index (κ2) is 7.43. The normalized spacial score (nSPS) is 21.3. The van der Waals surface area contributed by atoms with Crippen LogP contribution in [-0.4, -0.2) is 57.4 Å². The molecule has 1 N–H and O–H groups in total. The lowest BCUT2D eigenvalue weighted by Gasteiger charge is -2.41. The van der Waals surface area contributed by atoms with E-state index in [0.29, 0.717) is 19.7 Å². The molecular weight excluding hydrogens is 353 g/mol. The average molecular weight is 373 g/mol. The number of fused-ring (bicyclic) bond motifs is 3. The van der Waals surface area contributed by atoms with Crippen molar-refractivity contribution in [3.63, 3.8) is 0 Å². The first-order valence-electron chi connectivity index (χ1n) is 8.94. The Morgan fingerprint density at radius 1 is 1.33 bits per heavy atom. The fraction of sp³-hybridized carbons (Fsp3) is 0.444. The predicted molar refractivity (Wildman–Crippen MR) is 92.2 cm³/mol. The second-order valence-electron chi connectivity index (χ2n) is 6.70. The summed E-state index contributed by atoms with van der Waals surface area (Å²) < 4.78 is 21.3. The zero-order valence-electron chi connectivity index (χ0n) is 14.7. The fourth-order valence-electron chi connectivity index (χ4n) is 3.59. The zero-order valence-corrected chi connectivity index (χ0v) is 14.7. The van der Waals surface area contributed by atoms with E-state index in [0.717, 1.165) is 12.1 Å². The molecule has 0 spiro atoms. The van der Waals surface area contributed by atoms with Gasteiger partial charge in [-0.3, -0.25) is 9.59 Å². The Bertz CT molecular complexity index is 855. The van der Waals surface area contributed by atoms with E-state index in [2.05, 4.69) is 15.6 Å². The highest BCUT2D eigenvalue weighted by Gasteiger charge is 2.37. The van der Waals surface area contributed by atoms with Gasteiger partial charge in [0.2, 0.25) is 5.91 Å². The molecule has 4 rings (SSSR count). The van der Waals surface area contributed by atoms with Crippen molar-refractivity contribution in [2.45, 2.75) is 31.6 Å². The third-order valence-corrected chi connectivity index (χ3v) is 5.02. The number of nitrogens with one attached hydrogen (secondary N) is 1. The first kappa shape index (κ1) is 17.6. The highest BCUT2D eigenvalue weighted by atomic mass is 19.1.